The predicted molar refractivity (Wildman–Crippen MR) is 79.8 cm³/mol. The Morgan fingerprint density at radius 3 is 2.68 bits per heavy atom. The number of ether oxygens (including phenoxy) is 2. The second kappa shape index (κ2) is 9.82. The van der Waals surface area contributed by atoms with E-state index in [-0.39, 0.29) is 0 Å². The average Bonchev–Trinajstić information content (AvgIpc) is 2.42. The normalized spacial score (nSPS) is 10.7. The third kappa shape index (κ3) is 6.60. The fraction of sp³-hybridized carbons (Fsp3) is 0.625. The molecule has 3 heteroatoms. The van der Waals surface area contributed by atoms with E-state index in [4.69, 9.17) is 9.47 Å². The molecule has 0 amide bonds. The van der Waals surface area contributed by atoms with Crippen molar-refractivity contribution in [2.45, 2.75) is 40.2 Å². The molecular weight excluding hydrogens is 238 g/mol. The van der Waals surface area contributed by atoms with E-state index >= 15 is 0 Å². The van der Waals surface area contributed by atoms with E-state index in [0.29, 0.717) is 13.2 Å². The molecule has 19 heavy (non-hydrogen) atoms. The molecule has 1 rings (SSSR count). The van der Waals surface area contributed by atoms with Crippen LogP contribution in [-0.2, 0) is 11.3 Å². The number of unbranched alkanes of at least 4 members (excludes halogenated alkanes) is 1. The summed E-state index contributed by atoms with van der Waals surface area (Å²) in [5.74, 6) is 0.964. The highest BCUT2D eigenvalue weighted by atomic mass is 16.5. The lowest BCUT2D eigenvalue weighted by Crippen LogP contribution is -2.14. The summed E-state index contributed by atoms with van der Waals surface area (Å²) in [5.41, 5.74) is 2.48. The SMILES string of the molecule is CCCCOCCOc1ccc(C)cc1CNCC. The maximum absolute atomic E-state index is 5.80. The number of hydrogen-bond acceptors (Lipinski definition) is 3. The van der Waals surface area contributed by atoms with Crippen LogP contribution in [0.1, 0.15) is 37.8 Å². The quantitative estimate of drug-likeness (QED) is 0.658. The van der Waals surface area contributed by atoms with E-state index in [0.717, 1.165) is 31.9 Å². The molecule has 0 atom stereocenters. The van der Waals surface area contributed by atoms with Gasteiger partial charge in [0.15, 0.2) is 0 Å². The zero-order chi connectivity index (χ0) is 13.9. The van der Waals surface area contributed by atoms with Crippen molar-refractivity contribution < 1.29 is 9.47 Å². The number of benzene rings is 1. The first kappa shape index (κ1) is 16.0. The lowest BCUT2D eigenvalue weighted by Gasteiger charge is -2.13. The molecule has 0 radical (unpaired) electrons. The average molecular weight is 265 g/mol. The number of nitrogens with one attached hydrogen (secondary N) is 1. The van der Waals surface area contributed by atoms with Crippen molar-refractivity contribution in [2.24, 2.45) is 0 Å². The first-order valence-electron chi connectivity index (χ1n) is 7.28. The first-order chi connectivity index (χ1) is 9.27. The summed E-state index contributed by atoms with van der Waals surface area (Å²) in [5, 5.41) is 3.34. The van der Waals surface area contributed by atoms with Gasteiger partial charge in [0.1, 0.15) is 12.4 Å². The Morgan fingerprint density at radius 2 is 1.95 bits per heavy atom. The Morgan fingerprint density at radius 1 is 1.11 bits per heavy atom. The Bertz CT molecular complexity index is 353. The molecule has 0 bridgehead atoms. The van der Waals surface area contributed by atoms with Gasteiger partial charge in [-0.1, -0.05) is 38.0 Å². The molecule has 0 unspecified atom stereocenters. The molecule has 0 heterocycles. The summed E-state index contributed by atoms with van der Waals surface area (Å²) in [6, 6.07) is 6.31. The van der Waals surface area contributed by atoms with Crippen LogP contribution in [0.25, 0.3) is 0 Å². The van der Waals surface area contributed by atoms with Crippen molar-refractivity contribution in [1.82, 2.24) is 5.32 Å². The van der Waals surface area contributed by atoms with Crippen LogP contribution in [0, 0.1) is 6.92 Å². The number of hydrogen-bond donors (Lipinski definition) is 1. The van der Waals surface area contributed by atoms with E-state index in [2.05, 4.69) is 38.2 Å². The van der Waals surface area contributed by atoms with Crippen LogP contribution >= 0.6 is 0 Å². The topological polar surface area (TPSA) is 30.5 Å². The maximum atomic E-state index is 5.80. The maximum Gasteiger partial charge on any atom is 0.123 e. The second-order valence-electron chi connectivity index (χ2n) is 4.71. The number of rotatable bonds is 10. The standard InChI is InChI=1S/C16H27NO2/c1-4-6-9-18-10-11-19-16-8-7-14(3)12-15(16)13-17-5-2/h7-8,12,17H,4-6,9-11,13H2,1-3H3. The fourth-order valence-electron chi connectivity index (χ4n) is 1.81. The molecule has 1 aromatic rings. The van der Waals surface area contributed by atoms with Crippen molar-refractivity contribution >= 4 is 0 Å². The summed E-state index contributed by atoms with van der Waals surface area (Å²) < 4.78 is 11.3. The molecule has 1 N–H and O–H groups in total. The lowest BCUT2D eigenvalue weighted by atomic mass is 10.1. The van der Waals surface area contributed by atoms with Gasteiger partial charge in [-0.2, -0.15) is 0 Å². The molecule has 0 aliphatic carbocycles. The Labute approximate surface area is 117 Å². The molecular formula is C16H27NO2. The van der Waals surface area contributed by atoms with E-state index in [1.165, 1.54) is 17.5 Å². The van der Waals surface area contributed by atoms with Gasteiger partial charge < -0.3 is 14.8 Å². The first-order valence-corrected chi connectivity index (χ1v) is 7.28. The van der Waals surface area contributed by atoms with Gasteiger partial charge in [0.2, 0.25) is 0 Å². The molecule has 0 spiro atoms. The van der Waals surface area contributed by atoms with Gasteiger partial charge in [0.05, 0.1) is 6.61 Å². The van der Waals surface area contributed by atoms with E-state index in [1.807, 2.05) is 6.07 Å². The highest BCUT2D eigenvalue weighted by Crippen LogP contribution is 2.19. The smallest absolute Gasteiger partial charge is 0.123 e. The monoisotopic (exact) mass is 265 g/mol. The molecule has 3 nitrogen and oxygen atoms in total. The van der Waals surface area contributed by atoms with E-state index < -0.39 is 0 Å². The summed E-state index contributed by atoms with van der Waals surface area (Å²) >= 11 is 0. The van der Waals surface area contributed by atoms with Gasteiger partial charge in [-0.25, -0.2) is 0 Å². The Balaban J connectivity index is 2.38. The molecule has 108 valence electrons. The fourth-order valence-corrected chi connectivity index (χ4v) is 1.81. The molecule has 0 aromatic heterocycles. The molecule has 0 aliphatic rings. The predicted octanol–water partition coefficient (Wildman–Crippen LogP) is 3.30. The van der Waals surface area contributed by atoms with Crippen molar-refractivity contribution in [3.05, 3.63) is 29.3 Å². The highest BCUT2D eigenvalue weighted by molar-refractivity contribution is 5.36. The van der Waals surface area contributed by atoms with Crippen LogP contribution in [0.5, 0.6) is 5.75 Å². The largest absolute Gasteiger partial charge is 0.491 e. The zero-order valence-electron chi connectivity index (χ0n) is 12.5. The van der Waals surface area contributed by atoms with Gasteiger partial charge in [0, 0.05) is 18.7 Å². The van der Waals surface area contributed by atoms with Gasteiger partial charge >= 0.3 is 0 Å². The summed E-state index contributed by atoms with van der Waals surface area (Å²) in [6.45, 7) is 10.3. The minimum absolute atomic E-state index is 0.617. The van der Waals surface area contributed by atoms with Crippen LogP contribution in [0.2, 0.25) is 0 Å². The van der Waals surface area contributed by atoms with Gasteiger partial charge in [-0.3, -0.25) is 0 Å². The molecule has 0 fully saturated rings. The Kier molecular flexibility index (Phi) is 8.26. The van der Waals surface area contributed by atoms with Crippen LogP contribution in [-0.4, -0.2) is 26.4 Å². The molecule has 0 saturated heterocycles. The lowest BCUT2D eigenvalue weighted by molar-refractivity contribution is 0.0977. The van der Waals surface area contributed by atoms with Crippen LogP contribution in [0.4, 0.5) is 0 Å². The van der Waals surface area contributed by atoms with Crippen molar-refractivity contribution in [2.75, 3.05) is 26.4 Å². The third-order valence-electron chi connectivity index (χ3n) is 2.91. The van der Waals surface area contributed by atoms with E-state index in [1.54, 1.807) is 0 Å². The zero-order valence-corrected chi connectivity index (χ0v) is 12.5. The van der Waals surface area contributed by atoms with Gasteiger partial charge in [-0.05, 0) is 26.0 Å². The number of aryl methyl sites for hydroxylation is 1. The van der Waals surface area contributed by atoms with E-state index in [9.17, 15) is 0 Å². The summed E-state index contributed by atoms with van der Waals surface area (Å²) in [7, 11) is 0. The summed E-state index contributed by atoms with van der Waals surface area (Å²) in [6.07, 6.45) is 2.29. The second-order valence-corrected chi connectivity index (χ2v) is 4.71. The third-order valence-corrected chi connectivity index (χ3v) is 2.91. The molecule has 0 saturated carbocycles. The Hall–Kier alpha value is -1.06. The van der Waals surface area contributed by atoms with Crippen molar-refractivity contribution in [1.29, 1.82) is 0 Å². The van der Waals surface area contributed by atoms with Crippen molar-refractivity contribution in [3.8, 4) is 5.75 Å². The minimum Gasteiger partial charge on any atom is -0.491 e. The minimum atomic E-state index is 0.617. The van der Waals surface area contributed by atoms with Crippen LogP contribution < -0.4 is 10.1 Å². The summed E-state index contributed by atoms with van der Waals surface area (Å²) in [4.78, 5) is 0. The van der Waals surface area contributed by atoms with Gasteiger partial charge in [-0.15, -0.1) is 0 Å². The van der Waals surface area contributed by atoms with Crippen molar-refractivity contribution in [3.63, 3.8) is 0 Å². The molecule has 1 aromatic carbocycles. The van der Waals surface area contributed by atoms with Crippen LogP contribution in [0.3, 0.4) is 0 Å². The van der Waals surface area contributed by atoms with Crippen LogP contribution in [0.15, 0.2) is 18.2 Å². The molecule has 0 aliphatic heterocycles. The highest BCUT2D eigenvalue weighted by Gasteiger charge is 2.03. The van der Waals surface area contributed by atoms with Gasteiger partial charge in [0.25, 0.3) is 0 Å².